The molecule has 0 aliphatic heterocycles. The molecule has 0 aliphatic carbocycles. The number of hydrogen-bond acceptors (Lipinski definition) is 9. The average Bonchev–Trinajstić information content (AvgIpc) is 2.43. The molecule has 0 bridgehead atoms. The van der Waals surface area contributed by atoms with E-state index in [1.807, 2.05) is 0 Å². The first kappa shape index (κ1) is 79.0. The van der Waals surface area contributed by atoms with Crippen LogP contribution in [0.3, 0.4) is 0 Å². The van der Waals surface area contributed by atoms with Crippen LogP contribution in [0.15, 0.2) is 0 Å². The smallest absolute Gasteiger partial charge is 2.00 e. The SMILES string of the molecule is O.O=C(O)CC(O)(CC(=O)O)C(=O)O.O=C(O)CC(O)(CC(=O)O)C(=O)O.O=C(O)O.[C+4].[K+].[K+].[K+].[K+].[K+].[O-2].[O-2]. The molecular formula is C14H20K5O20+5. The van der Waals surface area contributed by atoms with Crippen molar-refractivity contribution in [2.45, 2.75) is 36.9 Å². The third-order valence-electron chi connectivity index (χ3n) is 2.57. The normalized spacial score (nSPS) is 7.85. The van der Waals surface area contributed by atoms with Crippen molar-refractivity contribution in [1.82, 2.24) is 0 Å². The topological polar surface area (TPSA) is 410 Å². The van der Waals surface area contributed by atoms with Gasteiger partial charge in [0.15, 0.2) is 11.2 Å². The fourth-order valence-corrected chi connectivity index (χ4v) is 1.43. The van der Waals surface area contributed by atoms with Crippen LogP contribution in [-0.4, -0.2) is 110 Å². The molecule has 12 N–H and O–H groups in total. The van der Waals surface area contributed by atoms with Gasteiger partial charge in [-0.1, -0.05) is 0 Å². The van der Waals surface area contributed by atoms with E-state index < -0.39 is 78.9 Å². The van der Waals surface area contributed by atoms with Gasteiger partial charge in [-0.25, -0.2) is 14.4 Å². The zero-order chi connectivity index (χ0) is 24.9. The molecule has 0 aliphatic rings. The Kier molecular flexibility index (Phi) is 85.2. The molecule has 0 fully saturated rings. The van der Waals surface area contributed by atoms with Crippen molar-refractivity contribution in [2.24, 2.45) is 0 Å². The van der Waals surface area contributed by atoms with Crippen molar-refractivity contribution in [3.63, 3.8) is 0 Å². The Morgan fingerprint density at radius 1 is 0.436 bits per heavy atom. The number of hydrogen-bond donors (Lipinski definition) is 10. The monoisotopic (exact) mass is 703 g/mol. The molecule has 196 valence electrons. The molecule has 0 heterocycles. The molecule has 0 rings (SSSR count). The predicted molar refractivity (Wildman–Crippen MR) is 93.1 cm³/mol. The second-order valence-corrected chi connectivity index (χ2v) is 5.24. The van der Waals surface area contributed by atoms with Crippen molar-refractivity contribution in [1.29, 1.82) is 0 Å². The van der Waals surface area contributed by atoms with E-state index in [0.717, 1.165) is 0 Å². The van der Waals surface area contributed by atoms with E-state index in [-0.39, 0.29) is 281 Å². The fraction of sp³-hybridized carbons (Fsp3) is 0.429. The summed E-state index contributed by atoms with van der Waals surface area (Å²) in [4.78, 5) is 69.5. The van der Waals surface area contributed by atoms with Gasteiger partial charge < -0.3 is 67.5 Å². The number of carboxylic acid groups (broad SMARTS) is 8. The maximum atomic E-state index is 10.3. The van der Waals surface area contributed by atoms with Crippen LogP contribution in [0.5, 0.6) is 0 Å². The molecule has 0 aromatic rings. The van der Waals surface area contributed by atoms with Crippen LogP contribution in [0.1, 0.15) is 25.7 Å². The minimum absolute atomic E-state index is 0. The zero-order valence-electron chi connectivity index (χ0n) is 21.5. The summed E-state index contributed by atoms with van der Waals surface area (Å²) < 4.78 is 0. The molecule has 25 heteroatoms. The first-order chi connectivity index (χ1) is 13.3. The third-order valence-corrected chi connectivity index (χ3v) is 2.57. The Morgan fingerprint density at radius 2 is 0.538 bits per heavy atom. The minimum atomic E-state index is -2.74. The van der Waals surface area contributed by atoms with E-state index in [0.29, 0.717) is 0 Å². The Labute approximate surface area is 433 Å². The first-order valence-corrected chi connectivity index (χ1v) is 6.99. The molecular weight excluding hydrogens is 684 g/mol. The van der Waals surface area contributed by atoms with E-state index in [2.05, 4.69) is 0 Å². The second kappa shape index (κ2) is 42.1. The van der Waals surface area contributed by atoms with Gasteiger partial charge in [0, 0.05) is 0 Å². The summed E-state index contributed by atoms with van der Waals surface area (Å²) in [7, 11) is 0. The summed E-state index contributed by atoms with van der Waals surface area (Å²) in [6.45, 7) is 0. The molecule has 0 saturated carbocycles. The van der Waals surface area contributed by atoms with E-state index in [9.17, 15) is 28.8 Å². The van der Waals surface area contributed by atoms with Crippen molar-refractivity contribution >= 4 is 42.0 Å². The Morgan fingerprint density at radius 3 is 0.590 bits per heavy atom. The van der Waals surface area contributed by atoms with Gasteiger partial charge in [0.05, 0.1) is 25.7 Å². The van der Waals surface area contributed by atoms with Crippen LogP contribution in [0.25, 0.3) is 0 Å². The third kappa shape index (κ3) is 51.9. The van der Waals surface area contributed by atoms with Crippen LogP contribution >= 0.6 is 0 Å². The van der Waals surface area contributed by atoms with Crippen molar-refractivity contribution < 1.29 is 358 Å². The minimum Gasteiger partial charge on any atom is -2.00 e. The van der Waals surface area contributed by atoms with Crippen LogP contribution < -0.4 is 257 Å². The summed E-state index contributed by atoms with van der Waals surface area (Å²) in [5.41, 5.74) is -5.48. The average molecular weight is 704 g/mol. The van der Waals surface area contributed by atoms with Gasteiger partial charge in [0.1, 0.15) is 0 Å². The number of carboxylic acids is 6. The standard InChI is InChI=1S/2C6H8O7.CH2O3.C.5K.H2O.2O/c2*7-3(8)1-6(13,5(11)12)2-4(9)10;2-1(3)4;;;;;;;;;/h2*13H,1-2H2,(H,7,8)(H,9,10)(H,11,12);(H2,2,3,4);;;;;;;1H2;;/q;;;+4;5*+1;;2*-2. The summed E-state index contributed by atoms with van der Waals surface area (Å²) in [6.07, 6.45) is -6.41. The molecule has 20 nitrogen and oxygen atoms in total. The van der Waals surface area contributed by atoms with Gasteiger partial charge in [-0.2, -0.15) is 0 Å². The molecule has 0 atom stereocenters. The Bertz CT molecular complexity index is 614. The number of rotatable bonds is 10. The summed E-state index contributed by atoms with van der Waals surface area (Å²) >= 11 is 0. The van der Waals surface area contributed by atoms with Crippen LogP contribution in [0.2, 0.25) is 0 Å². The first-order valence-electron chi connectivity index (χ1n) is 6.99. The fourth-order valence-electron chi connectivity index (χ4n) is 1.43. The van der Waals surface area contributed by atoms with E-state index in [1.54, 1.807) is 0 Å². The molecule has 0 saturated heterocycles. The molecule has 39 heavy (non-hydrogen) atoms. The van der Waals surface area contributed by atoms with Crippen LogP contribution in [-0.2, 0) is 39.7 Å². The van der Waals surface area contributed by atoms with Crippen molar-refractivity contribution in [2.75, 3.05) is 0 Å². The molecule has 0 radical (unpaired) electrons. The number of carbonyl (C=O) groups is 7. The van der Waals surface area contributed by atoms with Gasteiger partial charge in [-0.05, 0) is 0 Å². The van der Waals surface area contributed by atoms with Crippen LogP contribution in [0.4, 0.5) is 4.79 Å². The quantitative estimate of drug-likeness (QED) is 0.0944. The summed E-state index contributed by atoms with van der Waals surface area (Å²) in [6, 6.07) is 0. The van der Waals surface area contributed by atoms with Crippen LogP contribution in [0, 0.1) is 7.43 Å². The maximum Gasteiger partial charge on any atom is 4.00 e. The molecule has 0 unspecified atom stereocenters. The maximum absolute atomic E-state index is 10.3. The van der Waals surface area contributed by atoms with Gasteiger partial charge in [0.25, 0.3) is 0 Å². The van der Waals surface area contributed by atoms with Gasteiger partial charge >= 0.3 is 306 Å². The van der Waals surface area contributed by atoms with E-state index >= 15 is 0 Å². The zero-order valence-corrected chi connectivity index (χ0v) is 37.1. The van der Waals surface area contributed by atoms with E-state index in [4.69, 9.17) is 55.9 Å². The van der Waals surface area contributed by atoms with Gasteiger partial charge in [-0.3, -0.25) is 19.2 Å². The second-order valence-electron chi connectivity index (χ2n) is 5.24. The molecule has 0 aromatic heterocycles. The summed E-state index contributed by atoms with van der Waals surface area (Å²) in [5.74, 6) is -10.0. The molecule has 0 aromatic carbocycles. The predicted octanol–water partition coefficient (Wildman–Crippen LogP) is -18.2. The molecule has 0 spiro atoms. The Balaban J connectivity index is -0.0000000272. The van der Waals surface area contributed by atoms with Gasteiger partial charge in [0.2, 0.25) is 0 Å². The summed E-state index contributed by atoms with van der Waals surface area (Å²) in [5, 5.41) is 81.6. The van der Waals surface area contributed by atoms with Crippen molar-refractivity contribution in [3.8, 4) is 0 Å². The van der Waals surface area contributed by atoms with E-state index in [1.165, 1.54) is 0 Å². The van der Waals surface area contributed by atoms with Crippen molar-refractivity contribution in [3.05, 3.63) is 7.43 Å². The largest absolute Gasteiger partial charge is 4.00 e. The number of aliphatic hydroxyl groups is 2. The molecule has 0 amide bonds. The van der Waals surface area contributed by atoms with Gasteiger partial charge in [-0.15, -0.1) is 0 Å². The number of aliphatic carboxylic acids is 6. The Hall–Kier alpha value is 4.07.